The topological polar surface area (TPSA) is 66.5 Å². The number of para-hydroxylation sites is 1. The second-order valence-electron chi connectivity index (χ2n) is 8.03. The molecule has 0 saturated heterocycles. The largest absolute Gasteiger partial charge is 0.348 e. The molecule has 1 aliphatic carbocycles. The van der Waals surface area contributed by atoms with Crippen LogP contribution in [0.5, 0.6) is 0 Å². The number of aryl methyl sites for hydroxylation is 4. The number of benzene rings is 2. The van der Waals surface area contributed by atoms with Crippen molar-refractivity contribution >= 4 is 21.6 Å². The first-order valence-corrected chi connectivity index (χ1v) is 12.0. The minimum atomic E-state index is -3.60. The lowest BCUT2D eigenvalue weighted by atomic mass is 9.89. The summed E-state index contributed by atoms with van der Waals surface area (Å²) in [7, 11) is -3.60. The highest BCUT2D eigenvalue weighted by atomic mass is 32.2. The van der Waals surface area contributed by atoms with Crippen LogP contribution in [0.15, 0.2) is 36.4 Å². The van der Waals surface area contributed by atoms with Gasteiger partial charge < -0.3 is 5.32 Å². The highest BCUT2D eigenvalue weighted by Gasteiger charge is 2.24. The Morgan fingerprint density at radius 3 is 2.31 bits per heavy atom. The predicted molar refractivity (Wildman–Crippen MR) is 118 cm³/mol. The van der Waals surface area contributed by atoms with Crippen molar-refractivity contribution in [1.29, 1.82) is 0 Å². The summed E-state index contributed by atoms with van der Waals surface area (Å²) >= 11 is 0. The molecule has 156 valence electrons. The number of amides is 1. The average Bonchev–Trinajstić information content (AvgIpc) is 2.65. The molecule has 2 aromatic carbocycles. The van der Waals surface area contributed by atoms with E-state index in [1.807, 2.05) is 39.0 Å². The SMILES string of the molecule is Cc1cccc(C)c1N(CC(=O)N[C@H](C)c1ccc2c(c1)CCCC2)S(C)(=O)=O. The quantitative estimate of drug-likeness (QED) is 0.781. The summed E-state index contributed by atoms with van der Waals surface area (Å²) in [5.41, 5.74) is 6.04. The van der Waals surface area contributed by atoms with Gasteiger partial charge in [0.2, 0.25) is 15.9 Å². The van der Waals surface area contributed by atoms with E-state index in [-0.39, 0.29) is 18.5 Å². The van der Waals surface area contributed by atoms with Gasteiger partial charge in [0.15, 0.2) is 0 Å². The molecule has 1 N–H and O–H groups in total. The molecule has 0 heterocycles. The van der Waals surface area contributed by atoms with Crippen LogP contribution < -0.4 is 9.62 Å². The summed E-state index contributed by atoms with van der Waals surface area (Å²) in [6, 6.07) is 11.8. The standard InChI is InChI=1S/C23H30N2O3S/c1-16-8-7-9-17(2)23(16)25(29(4,27)28)15-22(26)24-18(3)20-13-12-19-10-5-6-11-21(19)14-20/h7-9,12-14,18H,5-6,10-11,15H2,1-4H3,(H,24,26)/t18-/m1/s1. The van der Waals surface area contributed by atoms with Crippen LogP contribution in [0.3, 0.4) is 0 Å². The van der Waals surface area contributed by atoms with Gasteiger partial charge in [0, 0.05) is 0 Å². The van der Waals surface area contributed by atoms with E-state index >= 15 is 0 Å². The van der Waals surface area contributed by atoms with Crippen molar-refractivity contribution in [1.82, 2.24) is 5.32 Å². The fraction of sp³-hybridized carbons (Fsp3) is 0.435. The molecular formula is C23H30N2O3S. The monoisotopic (exact) mass is 414 g/mol. The van der Waals surface area contributed by atoms with E-state index in [1.165, 1.54) is 28.3 Å². The van der Waals surface area contributed by atoms with Gasteiger partial charge in [-0.25, -0.2) is 8.42 Å². The van der Waals surface area contributed by atoms with Gasteiger partial charge in [0.25, 0.3) is 0 Å². The van der Waals surface area contributed by atoms with E-state index in [2.05, 4.69) is 23.5 Å². The Hall–Kier alpha value is -2.34. The van der Waals surface area contributed by atoms with E-state index in [0.717, 1.165) is 35.8 Å². The Kier molecular flexibility index (Phi) is 6.32. The number of carbonyl (C=O) groups is 1. The van der Waals surface area contributed by atoms with Crippen molar-refractivity contribution in [2.45, 2.75) is 52.5 Å². The Balaban J connectivity index is 1.77. The lowest BCUT2D eigenvalue weighted by Gasteiger charge is -2.26. The molecule has 0 saturated carbocycles. The number of anilines is 1. The number of hydrogen-bond donors (Lipinski definition) is 1. The van der Waals surface area contributed by atoms with Gasteiger partial charge in [-0.3, -0.25) is 9.10 Å². The molecule has 0 unspecified atom stereocenters. The fourth-order valence-electron chi connectivity index (χ4n) is 4.08. The average molecular weight is 415 g/mol. The summed E-state index contributed by atoms with van der Waals surface area (Å²) in [5.74, 6) is -0.316. The van der Waals surface area contributed by atoms with Crippen LogP contribution in [0.25, 0.3) is 0 Å². The summed E-state index contributed by atoms with van der Waals surface area (Å²) in [5, 5.41) is 2.97. The molecule has 2 aromatic rings. The molecule has 0 fully saturated rings. The first-order valence-electron chi connectivity index (χ1n) is 10.1. The maximum atomic E-state index is 12.8. The van der Waals surface area contributed by atoms with Crippen LogP contribution in [0.1, 0.15) is 53.6 Å². The number of sulfonamides is 1. The molecule has 3 rings (SSSR count). The number of nitrogens with one attached hydrogen (secondary N) is 1. The Morgan fingerprint density at radius 2 is 1.69 bits per heavy atom. The van der Waals surface area contributed by atoms with Gasteiger partial charge in [0.05, 0.1) is 18.0 Å². The second kappa shape index (κ2) is 8.57. The Labute approximate surface area is 174 Å². The smallest absolute Gasteiger partial charge is 0.241 e. The molecular weight excluding hydrogens is 384 g/mol. The van der Waals surface area contributed by atoms with Crippen molar-refractivity contribution in [2.24, 2.45) is 0 Å². The van der Waals surface area contributed by atoms with Crippen LogP contribution in [0.4, 0.5) is 5.69 Å². The fourth-order valence-corrected chi connectivity index (χ4v) is 5.06. The van der Waals surface area contributed by atoms with Gasteiger partial charge in [-0.05, 0) is 74.3 Å². The van der Waals surface area contributed by atoms with Crippen molar-refractivity contribution < 1.29 is 13.2 Å². The number of carbonyl (C=O) groups excluding carboxylic acids is 1. The van der Waals surface area contributed by atoms with E-state index in [0.29, 0.717) is 5.69 Å². The number of nitrogens with zero attached hydrogens (tertiary/aromatic N) is 1. The van der Waals surface area contributed by atoms with Gasteiger partial charge in [-0.1, -0.05) is 36.4 Å². The summed E-state index contributed by atoms with van der Waals surface area (Å²) in [6.07, 6.45) is 5.78. The van der Waals surface area contributed by atoms with E-state index in [1.54, 1.807) is 0 Å². The van der Waals surface area contributed by atoms with Crippen LogP contribution in [-0.2, 0) is 27.7 Å². The molecule has 5 nitrogen and oxygen atoms in total. The predicted octanol–water partition coefficient (Wildman–Crippen LogP) is 3.83. The molecule has 0 aromatic heterocycles. The van der Waals surface area contributed by atoms with E-state index in [4.69, 9.17) is 0 Å². The molecule has 0 bridgehead atoms. The summed E-state index contributed by atoms with van der Waals surface area (Å²) < 4.78 is 26.1. The number of rotatable bonds is 6. The third kappa shape index (κ3) is 4.99. The van der Waals surface area contributed by atoms with Gasteiger partial charge in [0.1, 0.15) is 6.54 Å². The molecule has 0 radical (unpaired) electrons. The van der Waals surface area contributed by atoms with Crippen LogP contribution in [0.2, 0.25) is 0 Å². The molecule has 29 heavy (non-hydrogen) atoms. The van der Waals surface area contributed by atoms with Crippen LogP contribution in [-0.4, -0.2) is 27.1 Å². The molecule has 1 atom stereocenters. The zero-order chi connectivity index (χ0) is 21.2. The van der Waals surface area contributed by atoms with Crippen molar-refractivity contribution in [3.05, 3.63) is 64.2 Å². The maximum Gasteiger partial charge on any atom is 0.241 e. The summed E-state index contributed by atoms with van der Waals surface area (Å²) in [6.45, 7) is 5.41. The van der Waals surface area contributed by atoms with Crippen molar-refractivity contribution in [3.63, 3.8) is 0 Å². The number of fused-ring (bicyclic) bond motifs is 1. The molecule has 0 spiro atoms. The summed E-state index contributed by atoms with van der Waals surface area (Å²) in [4.78, 5) is 12.8. The van der Waals surface area contributed by atoms with Crippen LogP contribution >= 0.6 is 0 Å². The first-order chi connectivity index (χ1) is 13.7. The highest BCUT2D eigenvalue weighted by molar-refractivity contribution is 7.92. The normalized spacial score (nSPS) is 14.8. The van der Waals surface area contributed by atoms with Gasteiger partial charge in [-0.15, -0.1) is 0 Å². The van der Waals surface area contributed by atoms with Crippen molar-refractivity contribution in [2.75, 3.05) is 17.1 Å². The van der Waals surface area contributed by atoms with E-state index < -0.39 is 10.0 Å². The Morgan fingerprint density at radius 1 is 1.07 bits per heavy atom. The minimum Gasteiger partial charge on any atom is -0.348 e. The molecule has 1 amide bonds. The van der Waals surface area contributed by atoms with Crippen LogP contribution in [0, 0.1) is 13.8 Å². The van der Waals surface area contributed by atoms with E-state index in [9.17, 15) is 13.2 Å². The second-order valence-corrected chi connectivity index (χ2v) is 9.94. The number of hydrogen-bond acceptors (Lipinski definition) is 3. The molecule has 1 aliphatic rings. The lowest BCUT2D eigenvalue weighted by Crippen LogP contribution is -2.41. The molecule has 6 heteroatoms. The Bertz CT molecular complexity index is 995. The zero-order valence-corrected chi connectivity index (χ0v) is 18.5. The van der Waals surface area contributed by atoms with Gasteiger partial charge >= 0.3 is 0 Å². The molecule has 0 aliphatic heterocycles. The van der Waals surface area contributed by atoms with Crippen molar-refractivity contribution in [3.8, 4) is 0 Å². The lowest BCUT2D eigenvalue weighted by molar-refractivity contribution is -0.120. The minimum absolute atomic E-state index is 0.186. The highest BCUT2D eigenvalue weighted by Crippen LogP contribution is 2.27. The van der Waals surface area contributed by atoms with Gasteiger partial charge in [-0.2, -0.15) is 0 Å². The maximum absolute atomic E-state index is 12.8. The third-order valence-corrected chi connectivity index (χ3v) is 6.74. The third-order valence-electron chi connectivity index (χ3n) is 5.63. The zero-order valence-electron chi connectivity index (χ0n) is 17.7. The first kappa shape index (κ1) is 21.4.